The van der Waals surface area contributed by atoms with Gasteiger partial charge in [0.05, 0.1) is 6.61 Å². The van der Waals surface area contributed by atoms with Gasteiger partial charge in [-0.15, -0.1) is 0 Å². The van der Waals surface area contributed by atoms with E-state index in [1.807, 2.05) is 0 Å². The lowest BCUT2D eigenvalue weighted by Crippen LogP contribution is -2.29. The monoisotopic (exact) mass is 213 g/mol. The fourth-order valence-electron chi connectivity index (χ4n) is 2.31. The predicted molar refractivity (Wildman–Crippen MR) is 65.1 cm³/mol. The molecule has 0 amide bonds. The lowest BCUT2D eigenvalue weighted by molar-refractivity contribution is 0.131. The Morgan fingerprint density at radius 2 is 2.07 bits per heavy atom. The van der Waals surface area contributed by atoms with E-state index in [-0.39, 0.29) is 0 Å². The highest BCUT2D eigenvalue weighted by Crippen LogP contribution is 2.27. The average molecular weight is 213 g/mol. The molecule has 0 aromatic heterocycles. The summed E-state index contributed by atoms with van der Waals surface area (Å²) in [5, 5.41) is 3.60. The molecule has 0 saturated heterocycles. The maximum absolute atomic E-state index is 5.52. The van der Waals surface area contributed by atoms with Crippen LogP contribution in [0.5, 0.6) is 0 Å². The van der Waals surface area contributed by atoms with Gasteiger partial charge in [-0.05, 0) is 31.6 Å². The zero-order valence-corrected chi connectivity index (χ0v) is 10.4. The molecule has 15 heavy (non-hydrogen) atoms. The topological polar surface area (TPSA) is 21.3 Å². The van der Waals surface area contributed by atoms with E-state index in [0.29, 0.717) is 0 Å². The van der Waals surface area contributed by atoms with Gasteiger partial charge >= 0.3 is 0 Å². The standard InChI is InChI=1S/C13H27NO/c1-3-5-9-15-10-8-14-13-7-6-12(4-2)11-13/h12-14H,3-11H2,1-2H3. The zero-order chi connectivity index (χ0) is 10.9. The van der Waals surface area contributed by atoms with Crippen molar-refractivity contribution >= 4 is 0 Å². The van der Waals surface area contributed by atoms with E-state index in [2.05, 4.69) is 19.2 Å². The van der Waals surface area contributed by atoms with Gasteiger partial charge in [-0.2, -0.15) is 0 Å². The van der Waals surface area contributed by atoms with Crippen LogP contribution in [0.2, 0.25) is 0 Å². The molecule has 1 rings (SSSR count). The first-order chi connectivity index (χ1) is 7.36. The molecular formula is C13H27NO. The summed E-state index contributed by atoms with van der Waals surface area (Å²) in [5.74, 6) is 0.975. The number of unbranched alkanes of at least 4 members (excludes halogenated alkanes) is 1. The van der Waals surface area contributed by atoms with E-state index in [1.165, 1.54) is 38.5 Å². The highest BCUT2D eigenvalue weighted by atomic mass is 16.5. The lowest BCUT2D eigenvalue weighted by atomic mass is 10.1. The molecule has 1 aliphatic rings. The molecule has 0 aromatic rings. The Bertz CT molecular complexity index is 149. The smallest absolute Gasteiger partial charge is 0.0590 e. The number of rotatable bonds is 8. The third kappa shape index (κ3) is 5.53. The van der Waals surface area contributed by atoms with Crippen LogP contribution < -0.4 is 5.32 Å². The minimum Gasteiger partial charge on any atom is -0.380 e. The molecule has 90 valence electrons. The third-order valence-corrected chi connectivity index (χ3v) is 3.44. The Morgan fingerprint density at radius 1 is 1.20 bits per heavy atom. The minimum atomic E-state index is 0.768. The van der Waals surface area contributed by atoms with Gasteiger partial charge in [0.15, 0.2) is 0 Å². The molecular weight excluding hydrogens is 186 g/mol. The van der Waals surface area contributed by atoms with Crippen molar-refractivity contribution in [1.29, 1.82) is 0 Å². The van der Waals surface area contributed by atoms with Crippen molar-refractivity contribution in [1.82, 2.24) is 5.32 Å². The van der Waals surface area contributed by atoms with E-state index in [4.69, 9.17) is 4.74 Å². The molecule has 2 heteroatoms. The third-order valence-electron chi connectivity index (χ3n) is 3.44. The van der Waals surface area contributed by atoms with Crippen molar-refractivity contribution in [3.8, 4) is 0 Å². The van der Waals surface area contributed by atoms with Gasteiger partial charge in [0.1, 0.15) is 0 Å². The SMILES string of the molecule is CCCCOCCNC1CCC(CC)C1. The maximum atomic E-state index is 5.52. The van der Waals surface area contributed by atoms with E-state index in [1.54, 1.807) is 0 Å². The van der Waals surface area contributed by atoms with E-state index in [9.17, 15) is 0 Å². The molecule has 0 bridgehead atoms. The number of ether oxygens (including phenoxy) is 1. The number of hydrogen-bond donors (Lipinski definition) is 1. The van der Waals surface area contributed by atoms with E-state index in [0.717, 1.165) is 31.7 Å². The summed E-state index contributed by atoms with van der Waals surface area (Å²) in [6.45, 7) is 7.35. The summed E-state index contributed by atoms with van der Waals surface area (Å²) in [7, 11) is 0. The average Bonchev–Trinajstić information content (AvgIpc) is 2.71. The molecule has 2 nitrogen and oxygen atoms in total. The molecule has 0 heterocycles. The van der Waals surface area contributed by atoms with Crippen LogP contribution in [0.15, 0.2) is 0 Å². The summed E-state index contributed by atoms with van der Waals surface area (Å²) in [6.07, 6.45) is 7.95. The first-order valence-corrected chi connectivity index (χ1v) is 6.68. The van der Waals surface area contributed by atoms with Crippen molar-refractivity contribution in [2.45, 2.75) is 58.4 Å². The summed E-state index contributed by atoms with van der Waals surface area (Å²) in [6, 6.07) is 0.768. The Balaban J connectivity index is 1.88. The maximum Gasteiger partial charge on any atom is 0.0590 e. The van der Waals surface area contributed by atoms with Crippen LogP contribution in [0, 0.1) is 5.92 Å². The Labute approximate surface area is 94.8 Å². The number of nitrogens with one attached hydrogen (secondary N) is 1. The molecule has 1 N–H and O–H groups in total. The van der Waals surface area contributed by atoms with Crippen LogP contribution >= 0.6 is 0 Å². The first-order valence-electron chi connectivity index (χ1n) is 6.68. The van der Waals surface area contributed by atoms with Gasteiger partial charge in [0.2, 0.25) is 0 Å². The lowest BCUT2D eigenvalue weighted by Gasteiger charge is -2.12. The normalized spacial score (nSPS) is 26.0. The van der Waals surface area contributed by atoms with Crippen LogP contribution in [-0.4, -0.2) is 25.8 Å². The van der Waals surface area contributed by atoms with Crippen LogP contribution in [0.4, 0.5) is 0 Å². The Kier molecular flexibility index (Phi) is 7.03. The van der Waals surface area contributed by atoms with Gasteiger partial charge in [0.25, 0.3) is 0 Å². The van der Waals surface area contributed by atoms with Crippen molar-refractivity contribution in [3.63, 3.8) is 0 Å². The second-order valence-electron chi connectivity index (χ2n) is 4.70. The summed E-state index contributed by atoms with van der Waals surface area (Å²) in [4.78, 5) is 0. The molecule has 1 saturated carbocycles. The molecule has 0 aliphatic heterocycles. The van der Waals surface area contributed by atoms with E-state index >= 15 is 0 Å². The molecule has 1 fully saturated rings. The van der Waals surface area contributed by atoms with Gasteiger partial charge in [-0.3, -0.25) is 0 Å². The minimum absolute atomic E-state index is 0.768. The Morgan fingerprint density at radius 3 is 2.73 bits per heavy atom. The molecule has 2 unspecified atom stereocenters. The van der Waals surface area contributed by atoms with Crippen molar-refractivity contribution in [2.75, 3.05) is 19.8 Å². The van der Waals surface area contributed by atoms with E-state index < -0.39 is 0 Å². The van der Waals surface area contributed by atoms with Crippen LogP contribution in [0.25, 0.3) is 0 Å². The van der Waals surface area contributed by atoms with Crippen LogP contribution in [-0.2, 0) is 4.74 Å². The molecule has 0 spiro atoms. The molecule has 1 aliphatic carbocycles. The molecule has 0 aromatic carbocycles. The second kappa shape index (κ2) is 8.12. The van der Waals surface area contributed by atoms with Gasteiger partial charge < -0.3 is 10.1 Å². The summed E-state index contributed by atoms with van der Waals surface area (Å²) >= 11 is 0. The van der Waals surface area contributed by atoms with Crippen LogP contribution in [0.3, 0.4) is 0 Å². The number of hydrogen-bond acceptors (Lipinski definition) is 2. The van der Waals surface area contributed by atoms with Gasteiger partial charge in [0, 0.05) is 19.2 Å². The first kappa shape index (κ1) is 13.0. The van der Waals surface area contributed by atoms with Gasteiger partial charge in [-0.1, -0.05) is 26.7 Å². The molecule has 2 atom stereocenters. The zero-order valence-electron chi connectivity index (χ0n) is 10.4. The van der Waals surface area contributed by atoms with Crippen LogP contribution in [0.1, 0.15) is 52.4 Å². The fraction of sp³-hybridized carbons (Fsp3) is 1.00. The fourth-order valence-corrected chi connectivity index (χ4v) is 2.31. The van der Waals surface area contributed by atoms with Crippen molar-refractivity contribution < 1.29 is 4.74 Å². The summed E-state index contributed by atoms with van der Waals surface area (Å²) in [5.41, 5.74) is 0. The van der Waals surface area contributed by atoms with Crippen molar-refractivity contribution in [3.05, 3.63) is 0 Å². The second-order valence-corrected chi connectivity index (χ2v) is 4.70. The predicted octanol–water partition coefficient (Wildman–Crippen LogP) is 2.97. The highest BCUT2D eigenvalue weighted by molar-refractivity contribution is 4.79. The molecule has 0 radical (unpaired) electrons. The van der Waals surface area contributed by atoms with Crippen molar-refractivity contribution in [2.24, 2.45) is 5.92 Å². The highest BCUT2D eigenvalue weighted by Gasteiger charge is 2.22. The largest absolute Gasteiger partial charge is 0.380 e. The van der Waals surface area contributed by atoms with Gasteiger partial charge in [-0.25, -0.2) is 0 Å². The summed E-state index contributed by atoms with van der Waals surface area (Å²) < 4.78 is 5.52. The quantitative estimate of drug-likeness (QED) is 0.626. The Hall–Kier alpha value is -0.0800.